The molecule has 0 saturated carbocycles. The van der Waals surface area contributed by atoms with Crippen molar-refractivity contribution in [2.45, 2.75) is 34.1 Å². The van der Waals surface area contributed by atoms with Crippen molar-refractivity contribution >= 4 is 22.5 Å². The lowest BCUT2D eigenvalue weighted by Gasteiger charge is -2.14. The van der Waals surface area contributed by atoms with E-state index in [2.05, 4.69) is 23.3 Å². The van der Waals surface area contributed by atoms with Crippen LogP contribution in [-0.2, 0) is 11.2 Å². The molecule has 3 nitrogen and oxygen atoms in total. The Morgan fingerprint density at radius 3 is 2.33 bits per heavy atom. The fourth-order valence-electron chi connectivity index (χ4n) is 3.19. The van der Waals surface area contributed by atoms with E-state index in [1.54, 1.807) is 0 Å². The van der Waals surface area contributed by atoms with Crippen LogP contribution in [0.25, 0.3) is 10.9 Å². The van der Waals surface area contributed by atoms with Gasteiger partial charge in [-0.1, -0.05) is 36.4 Å². The maximum absolute atomic E-state index is 12.6. The number of nitrogens with zero attached hydrogens (tertiary/aromatic N) is 1. The molecule has 3 aromatic rings. The number of carbonyl (C=O) groups excluding carboxylic acids is 1. The first-order valence-electron chi connectivity index (χ1n) is 8.18. The van der Waals surface area contributed by atoms with E-state index < -0.39 is 0 Å². The van der Waals surface area contributed by atoms with Crippen molar-refractivity contribution in [2.24, 2.45) is 0 Å². The van der Waals surface area contributed by atoms with Crippen LogP contribution >= 0.6 is 0 Å². The van der Waals surface area contributed by atoms with Crippen LogP contribution in [0.15, 0.2) is 42.5 Å². The maximum atomic E-state index is 12.6. The highest BCUT2D eigenvalue weighted by atomic mass is 16.1. The van der Waals surface area contributed by atoms with Crippen LogP contribution in [0, 0.1) is 27.7 Å². The van der Waals surface area contributed by atoms with Gasteiger partial charge in [0, 0.05) is 16.8 Å². The fourth-order valence-corrected chi connectivity index (χ4v) is 3.19. The molecule has 2 aromatic carbocycles. The minimum Gasteiger partial charge on any atom is -0.325 e. The number of hydrogen-bond acceptors (Lipinski definition) is 2. The molecule has 0 atom stereocenters. The molecule has 3 rings (SSSR count). The molecule has 0 saturated heterocycles. The summed E-state index contributed by atoms with van der Waals surface area (Å²) in [5.74, 6) is -0.00400. The first-order valence-corrected chi connectivity index (χ1v) is 8.18. The van der Waals surface area contributed by atoms with E-state index in [-0.39, 0.29) is 5.91 Å². The van der Waals surface area contributed by atoms with Crippen LogP contribution in [-0.4, -0.2) is 10.9 Å². The molecule has 0 aliphatic carbocycles. The lowest BCUT2D eigenvalue weighted by Crippen LogP contribution is -2.17. The third kappa shape index (κ3) is 3.02. The number of anilines is 1. The predicted octanol–water partition coefficient (Wildman–Crippen LogP) is 4.65. The fraction of sp³-hybridized carbons (Fsp3) is 0.238. The van der Waals surface area contributed by atoms with E-state index in [1.807, 2.05) is 57.2 Å². The van der Waals surface area contributed by atoms with E-state index in [1.165, 1.54) is 0 Å². The van der Waals surface area contributed by atoms with Crippen molar-refractivity contribution in [1.29, 1.82) is 0 Å². The summed E-state index contributed by atoms with van der Waals surface area (Å²) in [5.41, 5.74) is 7.11. The van der Waals surface area contributed by atoms with Crippen LogP contribution < -0.4 is 5.32 Å². The van der Waals surface area contributed by atoms with E-state index in [4.69, 9.17) is 0 Å². The Morgan fingerprint density at radius 2 is 1.62 bits per heavy atom. The van der Waals surface area contributed by atoms with Crippen molar-refractivity contribution in [3.8, 4) is 0 Å². The molecule has 0 unspecified atom stereocenters. The second-order valence-corrected chi connectivity index (χ2v) is 6.31. The molecular weight excluding hydrogens is 296 g/mol. The van der Waals surface area contributed by atoms with Gasteiger partial charge in [-0.15, -0.1) is 0 Å². The largest absolute Gasteiger partial charge is 0.325 e. The number of hydrogen-bond donors (Lipinski definition) is 1. The van der Waals surface area contributed by atoms with Gasteiger partial charge >= 0.3 is 0 Å². The first kappa shape index (κ1) is 16.2. The minimum absolute atomic E-state index is 0.00400. The smallest absolute Gasteiger partial charge is 0.228 e. The van der Waals surface area contributed by atoms with Crippen molar-refractivity contribution in [1.82, 2.24) is 4.98 Å². The van der Waals surface area contributed by atoms with Gasteiger partial charge in [0.15, 0.2) is 0 Å². The number of nitrogens with one attached hydrogen (secondary N) is 1. The number of fused-ring (bicyclic) bond motifs is 1. The highest BCUT2D eigenvalue weighted by molar-refractivity contribution is 5.95. The van der Waals surface area contributed by atoms with Gasteiger partial charge in [-0.05, 0) is 56.0 Å². The predicted molar refractivity (Wildman–Crippen MR) is 99.5 cm³/mol. The van der Waals surface area contributed by atoms with Crippen molar-refractivity contribution < 1.29 is 4.79 Å². The van der Waals surface area contributed by atoms with Crippen LogP contribution in [0.4, 0.5) is 5.69 Å². The summed E-state index contributed by atoms with van der Waals surface area (Å²) in [5, 5.41) is 4.17. The van der Waals surface area contributed by atoms with Gasteiger partial charge < -0.3 is 5.32 Å². The Kier molecular flexibility index (Phi) is 4.34. The van der Waals surface area contributed by atoms with Gasteiger partial charge in [-0.25, -0.2) is 0 Å². The van der Waals surface area contributed by atoms with Gasteiger partial charge in [0.05, 0.1) is 11.9 Å². The van der Waals surface area contributed by atoms with Crippen LogP contribution in [0.3, 0.4) is 0 Å². The zero-order valence-corrected chi connectivity index (χ0v) is 14.6. The average Bonchev–Trinajstić information content (AvgIpc) is 2.55. The molecule has 1 heterocycles. The van der Waals surface area contributed by atoms with Gasteiger partial charge in [0.1, 0.15) is 0 Å². The summed E-state index contributed by atoms with van der Waals surface area (Å²) >= 11 is 0. The van der Waals surface area contributed by atoms with Crippen LogP contribution in [0.2, 0.25) is 0 Å². The topological polar surface area (TPSA) is 42.0 Å². The number of aromatic nitrogens is 1. The minimum atomic E-state index is -0.00400. The van der Waals surface area contributed by atoms with E-state index in [9.17, 15) is 4.79 Å². The van der Waals surface area contributed by atoms with E-state index in [0.717, 1.165) is 44.5 Å². The lowest BCUT2D eigenvalue weighted by molar-refractivity contribution is -0.115. The average molecular weight is 318 g/mol. The van der Waals surface area contributed by atoms with Crippen molar-refractivity contribution in [3.63, 3.8) is 0 Å². The number of rotatable bonds is 3. The number of carbonyl (C=O) groups is 1. The van der Waals surface area contributed by atoms with Crippen molar-refractivity contribution in [3.05, 3.63) is 70.4 Å². The summed E-state index contributed by atoms with van der Waals surface area (Å²) in [6.45, 7) is 8.06. The number of pyridine rings is 1. The standard InChI is InChI=1S/C21H22N2O/c1-13-8-7-9-14(2)21(13)23-20(24)12-18-15(3)17-10-5-6-11-19(17)22-16(18)4/h5-11H,12H2,1-4H3,(H,23,24). The molecular formula is C21H22N2O. The number of para-hydroxylation sites is 2. The summed E-state index contributed by atoms with van der Waals surface area (Å²) in [6, 6.07) is 14.1. The maximum Gasteiger partial charge on any atom is 0.228 e. The van der Waals surface area contributed by atoms with Gasteiger partial charge in [0.2, 0.25) is 5.91 Å². The van der Waals surface area contributed by atoms with E-state index >= 15 is 0 Å². The van der Waals surface area contributed by atoms with Crippen LogP contribution in [0.1, 0.15) is 27.9 Å². The molecule has 0 radical (unpaired) electrons. The molecule has 1 amide bonds. The summed E-state index contributed by atoms with van der Waals surface area (Å²) in [4.78, 5) is 17.2. The zero-order chi connectivity index (χ0) is 17.3. The van der Waals surface area contributed by atoms with Crippen LogP contribution in [0.5, 0.6) is 0 Å². The van der Waals surface area contributed by atoms with Crippen molar-refractivity contribution in [2.75, 3.05) is 5.32 Å². The third-order valence-corrected chi connectivity index (χ3v) is 4.57. The number of benzene rings is 2. The highest BCUT2D eigenvalue weighted by Gasteiger charge is 2.14. The summed E-state index contributed by atoms with van der Waals surface area (Å²) in [7, 11) is 0. The SMILES string of the molecule is Cc1cccc(C)c1NC(=O)Cc1c(C)nc2ccccc2c1C. The Hall–Kier alpha value is -2.68. The molecule has 0 aliphatic heterocycles. The highest BCUT2D eigenvalue weighted by Crippen LogP contribution is 2.24. The molecule has 0 spiro atoms. The van der Waals surface area contributed by atoms with Gasteiger partial charge in [-0.3, -0.25) is 9.78 Å². The molecule has 122 valence electrons. The lowest BCUT2D eigenvalue weighted by atomic mass is 9.99. The number of aryl methyl sites for hydroxylation is 4. The Morgan fingerprint density at radius 1 is 0.958 bits per heavy atom. The summed E-state index contributed by atoms with van der Waals surface area (Å²) < 4.78 is 0. The third-order valence-electron chi connectivity index (χ3n) is 4.57. The molecule has 0 bridgehead atoms. The molecule has 1 N–H and O–H groups in total. The molecule has 0 fully saturated rings. The number of amides is 1. The molecule has 0 aliphatic rings. The summed E-state index contributed by atoms with van der Waals surface area (Å²) in [6.07, 6.45) is 0.337. The monoisotopic (exact) mass is 318 g/mol. The Labute approximate surface area is 142 Å². The van der Waals surface area contributed by atoms with E-state index in [0.29, 0.717) is 6.42 Å². The van der Waals surface area contributed by atoms with Gasteiger partial charge in [-0.2, -0.15) is 0 Å². The first-order chi connectivity index (χ1) is 11.5. The molecule has 1 aromatic heterocycles. The Bertz CT molecular complexity index is 908. The molecule has 3 heteroatoms. The Balaban J connectivity index is 1.91. The second kappa shape index (κ2) is 6.44. The second-order valence-electron chi connectivity index (χ2n) is 6.31. The normalized spacial score (nSPS) is 10.8. The zero-order valence-electron chi connectivity index (χ0n) is 14.6. The quantitative estimate of drug-likeness (QED) is 0.764. The molecule has 24 heavy (non-hydrogen) atoms. The van der Waals surface area contributed by atoms with Gasteiger partial charge in [0.25, 0.3) is 0 Å².